The van der Waals surface area contributed by atoms with Crippen LogP contribution in [0.1, 0.15) is 95.5 Å². The first-order valence-corrected chi connectivity index (χ1v) is 15.6. The molecule has 0 radical (unpaired) electrons. The van der Waals surface area contributed by atoms with Gasteiger partial charge in [-0.1, -0.05) is 73.7 Å². The minimum Gasteiger partial charge on any atom is -0.377 e. The number of rotatable bonds is 13. The Morgan fingerprint density at radius 3 is 2.63 bits per heavy atom. The highest BCUT2D eigenvalue weighted by atomic mass is 16.7. The fraction of sp³-hybridized carbons (Fsp3) is 0.676. The van der Waals surface area contributed by atoms with Crippen LogP contribution in [0.2, 0.25) is 0 Å². The molecule has 1 aromatic rings. The van der Waals surface area contributed by atoms with Gasteiger partial charge in [-0.25, -0.2) is 0 Å². The minimum atomic E-state index is -0.0647. The molecule has 1 aliphatic heterocycles. The van der Waals surface area contributed by atoms with Gasteiger partial charge in [0.15, 0.2) is 12.1 Å². The van der Waals surface area contributed by atoms with Crippen LogP contribution in [0.5, 0.6) is 0 Å². The van der Waals surface area contributed by atoms with E-state index >= 15 is 0 Å². The number of carbonyl (C=O) groups is 1. The van der Waals surface area contributed by atoms with Gasteiger partial charge in [0.2, 0.25) is 0 Å². The Hall–Kier alpha value is -1.75. The zero-order valence-corrected chi connectivity index (χ0v) is 23.2. The lowest BCUT2D eigenvalue weighted by atomic mass is 9.84. The van der Waals surface area contributed by atoms with Crippen molar-refractivity contribution >= 4 is 5.78 Å². The van der Waals surface area contributed by atoms with Gasteiger partial charge < -0.3 is 14.2 Å². The lowest BCUT2D eigenvalue weighted by Crippen LogP contribution is -2.31. The Balaban J connectivity index is 1.09. The molecule has 1 heterocycles. The van der Waals surface area contributed by atoms with E-state index in [0.29, 0.717) is 30.1 Å². The Morgan fingerprint density at radius 2 is 1.82 bits per heavy atom. The van der Waals surface area contributed by atoms with Gasteiger partial charge in [0.1, 0.15) is 0 Å². The van der Waals surface area contributed by atoms with Gasteiger partial charge in [0, 0.05) is 25.0 Å². The van der Waals surface area contributed by atoms with Crippen molar-refractivity contribution in [1.82, 2.24) is 0 Å². The molecule has 3 fully saturated rings. The topological polar surface area (TPSA) is 44.8 Å². The highest BCUT2D eigenvalue weighted by molar-refractivity contribution is 5.91. The van der Waals surface area contributed by atoms with Gasteiger partial charge in [-0.05, 0) is 87.7 Å². The molecule has 4 aliphatic rings. The maximum absolute atomic E-state index is 13.0. The molecular formula is C34H48O4. The van der Waals surface area contributed by atoms with E-state index in [0.717, 1.165) is 58.2 Å². The number of hydrogen-bond donors (Lipinski definition) is 0. The number of benzene rings is 1. The van der Waals surface area contributed by atoms with Crippen LogP contribution in [0.15, 0.2) is 54.1 Å². The molecule has 5 atom stereocenters. The number of allylic oxidation sites excluding steroid dienone is 3. The van der Waals surface area contributed by atoms with Crippen LogP contribution in [0.3, 0.4) is 0 Å². The fourth-order valence-corrected chi connectivity index (χ4v) is 7.15. The first-order chi connectivity index (χ1) is 18.8. The summed E-state index contributed by atoms with van der Waals surface area (Å²) in [7, 11) is 0. The average molecular weight is 521 g/mol. The Labute approximate surface area is 230 Å². The smallest absolute Gasteiger partial charge is 0.158 e. The molecule has 0 spiro atoms. The van der Waals surface area contributed by atoms with E-state index in [4.69, 9.17) is 14.2 Å². The van der Waals surface area contributed by atoms with Crippen LogP contribution in [0, 0.1) is 23.7 Å². The van der Waals surface area contributed by atoms with E-state index in [2.05, 4.69) is 36.4 Å². The molecule has 208 valence electrons. The van der Waals surface area contributed by atoms with Crippen molar-refractivity contribution in [2.45, 2.75) is 109 Å². The van der Waals surface area contributed by atoms with Crippen molar-refractivity contribution in [2.75, 3.05) is 13.2 Å². The van der Waals surface area contributed by atoms with Gasteiger partial charge in [0.05, 0.1) is 12.7 Å². The van der Waals surface area contributed by atoms with Crippen LogP contribution in [0.25, 0.3) is 0 Å². The van der Waals surface area contributed by atoms with E-state index in [1.54, 1.807) is 5.57 Å². The summed E-state index contributed by atoms with van der Waals surface area (Å²) >= 11 is 0. The van der Waals surface area contributed by atoms with E-state index in [1.807, 2.05) is 12.1 Å². The summed E-state index contributed by atoms with van der Waals surface area (Å²) in [6, 6.07) is 10.4. The molecule has 0 amide bonds. The van der Waals surface area contributed by atoms with Gasteiger partial charge in [0.25, 0.3) is 0 Å². The summed E-state index contributed by atoms with van der Waals surface area (Å²) in [5, 5.41) is 0. The monoisotopic (exact) mass is 520 g/mol. The fourth-order valence-electron chi connectivity index (χ4n) is 7.15. The van der Waals surface area contributed by atoms with Crippen LogP contribution >= 0.6 is 0 Å². The summed E-state index contributed by atoms with van der Waals surface area (Å²) in [6.07, 6.45) is 23.0. The van der Waals surface area contributed by atoms with Crippen molar-refractivity contribution in [2.24, 2.45) is 23.7 Å². The van der Waals surface area contributed by atoms with E-state index < -0.39 is 0 Å². The Bertz CT molecular complexity index is 910. The number of ether oxygens (including phenoxy) is 3. The third-order valence-electron chi connectivity index (χ3n) is 9.28. The van der Waals surface area contributed by atoms with E-state index in [9.17, 15) is 4.79 Å². The van der Waals surface area contributed by atoms with Crippen LogP contribution in [-0.4, -0.2) is 31.4 Å². The molecule has 1 aromatic carbocycles. The molecule has 1 unspecified atom stereocenters. The zero-order chi connectivity index (χ0) is 26.0. The summed E-state index contributed by atoms with van der Waals surface area (Å²) in [5.41, 5.74) is 2.87. The predicted octanol–water partition coefficient (Wildman–Crippen LogP) is 7.96. The van der Waals surface area contributed by atoms with E-state index in [1.165, 1.54) is 50.5 Å². The van der Waals surface area contributed by atoms with Gasteiger partial charge in [-0.2, -0.15) is 0 Å². The van der Waals surface area contributed by atoms with Crippen LogP contribution in [-0.2, 0) is 25.6 Å². The highest BCUT2D eigenvalue weighted by Gasteiger charge is 2.45. The molecule has 4 heteroatoms. The number of ketones is 1. The number of carbonyl (C=O) groups excluding carboxylic acids is 1. The second kappa shape index (κ2) is 14.6. The van der Waals surface area contributed by atoms with Crippen molar-refractivity contribution in [3.63, 3.8) is 0 Å². The second-order valence-electron chi connectivity index (χ2n) is 12.1. The summed E-state index contributed by atoms with van der Waals surface area (Å²) < 4.78 is 18.3. The standard InChI is InChI=1S/C34H48O4/c35-32(28-15-7-2-8-16-28)19-18-30-31-23-27(14-6-3-10-20-36-25-26-12-4-1-5-13-26)22-29(31)24-33(30)38-34-17-9-11-21-37-34/h1,4-5,12-13,18-19,22,28-31,33-34H,2-3,6-11,14-17,20-21,23-25H2/t29-,30+,31-,33+,34?/m1/s1. The second-order valence-corrected chi connectivity index (χ2v) is 12.1. The average Bonchev–Trinajstić information content (AvgIpc) is 3.50. The SMILES string of the molecule is O=C(C=C[C@H]1[C@@H]2CC(CCCCCOCc3ccccc3)=C[C@@H]2C[C@@H]1OC1CCCCO1)C1CCCCC1. The molecule has 2 saturated carbocycles. The highest BCUT2D eigenvalue weighted by Crippen LogP contribution is 2.50. The van der Waals surface area contributed by atoms with Crippen LogP contribution < -0.4 is 0 Å². The maximum atomic E-state index is 13.0. The molecular weight excluding hydrogens is 472 g/mol. The molecule has 0 aromatic heterocycles. The quantitative estimate of drug-likeness (QED) is 0.150. The van der Waals surface area contributed by atoms with Crippen LogP contribution in [0.4, 0.5) is 0 Å². The number of fused-ring (bicyclic) bond motifs is 1. The third-order valence-corrected chi connectivity index (χ3v) is 9.28. The summed E-state index contributed by atoms with van der Waals surface area (Å²) in [5.74, 6) is 2.06. The molecule has 0 N–H and O–H groups in total. The van der Waals surface area contributed by atoms with Gasteiger partial charge in [-0.3, -0.25) is 4.79 Å². The molecule has 4 nitrogen and oxygen atoms in total. The number of hydrogen-bond acceptors (Lipinski definition) is 4. The Morgan fingerprint density at radius 1 is 0.974 bits per heavy atom. The lowest BCUT2D eigenvalue weighted by molar-refractivity contribution is -0.192. The molecule has 38 heavy (non-hydrogen) atoms. The Kier molecular flexibility index (Phi) is 10.7. The molecule has 3 aliphatic carbocycles. The van der Waals surface area contributed by atoms with Gasteiger partial charge >= 0.3 is 0 Å². The normalized spacial score (nSPS) is 30.0. The maximum Gasteiger partial charge on any atom is 0.158 e. The van der Waals surface area contributed by atoms with Crippen molar-refractivity contribution < 1.29 is 19.0 Å². The summed E-state index contributed by atoms with van der Waals surface area (Å²) in [4.78, 5) is 13.0. The summed E-state index contributed by atoms with van der Waals surface area (Å²) in [6.45, 7) is 2.36. The first kappa shape index (κ1) is 27.8. The predicted molar refractivity (Wildman–Crippen MR) is 152 cm³/mol. The largest absolute Gasteiger partial charge is 0.377 e. The van der Waals surface area contributed by atoms with Gasteiger partial charge in [-0.15, -0.1) is 0 Å². The lowest BCUT2D eigenvalue weighted by Gasteiger charge is -2.29. The first-order valence-electron chi connectivity index (χ1n) is 15.6. The van der Waals surface area contributed by atoms with Crippen molar-refractivity contribution in [3.8, 4) is 0 Å². The van der Waals surface area contributed by atoms with Crippen molar-refractivity contribution in [3.05, 3.63) is 59.7 Å². The van der Waals surface area contributed by atoms with E-state index in [-0.39, 0.29) is 18.3 Å². The zero-order valence-electron chi connectivity index (χ0n) is 23.2. The molecule has 1 saturated heterocycles. The van der Waals surface area contributed by atoms with Crippen molar-refractivity contribution in [1.29, 1.82) is 0 Å². The molecule has 0 bridgehead atoms. The minimum absolute atomic E-state index is 0.0647. The third kappa shape index (κ3) is 7.90. The number of unbranched alkanes of at least 4 members (excludes halogenated alkanes) is 2. The molecule has 5 rings (SSSR count).